The highest BCUT2D eigenvalue weighted by Gasteiger charge is 2.13. The zero-order valence-corrected chi connectivity index (χ0v) is 13.8. The number of aromatic nitrogens is 4. The lowest BCUT2D eigenvalue weighted by Crippen LogP contribution is -2.04. The molecule has 3 heterocycles. The van der Waals surface area contributed by atoms with Gasteiger partial charge in [-0.05, 0) is 29.8 Å². The molecule has 6 nitrogen and oxygen atoms in total. The summed E-state index contributed by atoms with van der Waals surface area (Å²) in [7, 11) is 0. The minimum Gasteiger partial charge on any atom is -0.477 e. The van der Waals surface area contributed by atoms with Gasteiger partial charge in [0.15, 0.2) is 0 Å². The molecule has 0 radical (unpaired) electrons. The average molecular weight is 353 g/mol. The predicted molar refractivity (Wildman–Crippen MR) is 93.9 cm³/mol. The van der Waals surface area contributed by atoms with E-state index in [0.29, 0.717) is 28.5 Å². The van der Waals surface area contributed by atoms with Gasteiger partial charge in [0, 0.05) is 35.7 Å². The van der Waals surface area contributed by atoms with E-state index >= 15 is 0 Å². The monoisotopic (exact) mass is 352 g/mol. The molecular formula is C18H13ClN4O2. The van der Waals surface area contributed by atoms with Crippen molar-refractivity contribution >= 4 is 23.2 Å². The smallest absolute Gasteiger partial charge is 0.352 e. The molecular weight excluding hydrogens is 340 g/mol. The Bertz CT molecular complexity index is 1070. The van der Waals surface area contributed by atoms with Crippen LogP contribution in [0.25, 0.3) is 16.9 Å². The van der Waals surface area contributed by atoms with Gasteiger partial charge in [0.1, 0.15) is 11.3 Å². The molecule has 124 valence electrons. The largest absolute Gasteiger partial charge is 0.477 e. The first kappa shape index (κ1) is 15.4. The second kappa shape index (κ2) is 6.07. The van der Waals surface area contributed by atoms with Crippen molar-refractivity contribution < 1.29 is 9.90 Å². The number of imidazole rings is 2. The third-order valence-electron chi connectivity index (χ3n) is 3.93. The molecule has 0 aliphatic carbocycles. The molecule has 0 spiro atoms. The zero-order valence-electron chi connectivity index (χ0n) is 13.0. The number of carboxylic acids is 1. The van der Waals surface area contributed by atoms with Crippen LogP contribution in [0.5, 0.6) is 0 Å². The Kier molecular flexibility index (Phi) is 3.74. The van der Waals surface area contributed by atoms with Crippen molar-refractivity contribution in [1.29, 1.82) is 0 Å². The fraction of sp³-hybridized carbons (Fsp3) is 0.0556. The van der Waals surface area contributed by atoms with E-state index in [9.17, 15) is 9.90 Å². The van der Waals surface area contributed by atoms with Crippen LogP contribution in [0.15, 0.2) is 61.3 Å². The van der Waals surface area contributed by atoms with Crippen molar-refractivity contribution in [2.45, 2.75) is 6.54 Å². The van der Waals surface area contributed by atoms with Crippen LogP contribution in [0.3, 0.4) is 0 Å². The maximum atomic E-state index is 11.5. The summed E-state index contributed by atoms with van der Waals surface area (Å²) in [5.41, 5.74) is 3.23. The normalized spacial score (nSPS) is 11.1. The number of hydrogen-bond donors (Lipinski definition) is 1. The van der Waals surface area contributed by atoms with Crippen LogP contribution in [-0.4, -0.2) is 30.0 Å². The van der Waals surface area contributed by atoms with Crippen LogP contribution in [0.1, 0.15) is 16.1 Å². The Morgan fingerprint density at radius 2 is 1.96 bits per heavy atom. The lowest BCUT2D eigenvalue weighted by Gasteiger charge is -2.04. The van der Waals surface area contributed by atoms with Gasteiger partial charge in [0.05, 0.1) is 12.0 Å². The van der Waals surface area contributed by atoms with Gasteiger partial charge in [0.25, 0.3) is 0 Å². The number of carbonyl (C=O) groups is 1. The summed E-state index contributed by atoms with van der Waals surface area (Å²) in [4.78, 5) is 20.1. The molecule has 1 N–H and O–H groups in total. The summed E-state index contributed by atoms with van der Waals surface area (Å²) in [6, 6.07) is 11.0. The summed E-state index contributed by atoms with van der Waals surface area (Å²) < 4.78 is 3.48. The van der Waals surface area contributed by atoms with E-state index in [1.165, 1.54) is 4.40 Å². The first-order valence-electron chi connectivity index (χ1n) is 7.57. The van der Waals surface area contributed by atoms with Gasteiger partial charge in [0.2, 0.25) is 0 Å². The summed E-state index contributed by atoms with van der Waals surface area (Å²) in [5.74, 6) is -1.01. The molecule has 7 heteroatoms. The Morgan fingerprint density at radius 1 is 1.16 bits per heavy atom. The third-order valence-corrected chi connectivity index (χ3v) is 4.18. The Morgan fingerprint density at radius 3 is 2.72 bits per heavy atom. The lowest BCUT2D eigenvalue weighted by molar-refractivity contribution is 0.0689. The number of aromatic carboxylic acids is 1. The number of rotatable bonds is 4. The van der Waals surface area contributed by atoms with E-state index in [4.69, 9.17) is 11.6 Å². The molecule has 0 unspecified atom stereocenters. The van der Waals surface area contributed by atoms with E-state index in [-0.39, 0.29) is 5.69 Å². The lowest BCUT2D eigenvalue weighted by atomic mass is 10.1. The van der Waals surface area contributed by atoms with Gasteiger partial charge >= 0.3 is 5.97 Å². The van der Waals surface area contributed by atoms with Crippen LogP contribution >= 0.6 is 11.6 Å². The zero-order chi connectivity index (χ0) is 17.4. The maximum absolute atomic E-state index is 11.5. The van der Waals surface area contributed by atoms with Gasteiger partial charge in [-0.3, -0.25) is 4.40 Å². The summed E-state index contributed by atoms with van der Waals surface area (Å²) >= 11 is 5.90. The van der Waals surface area contributed by atoms with E-state index in [1.54, 1.807) is 24.8 Å². The van der Waals surface area contributed by atoms with Crippen LogP contribution in [-0.2, 0) is 6.54 Å². The summed E-state index contributed by atoms with van der Waals surface area (Å²) in [6.07, 6.45) is 6.81. The van der Waals surface area contributed by atoms with Crippen molar-refractivity contribution in [3.63, 3.8) is 0 Å². The highest BCUT2D eigenvalue weighted by Crippen LogP contribution is 2.22. The van der Waals surface area contributed by atoms with Crippen LogP contribution < -0.4 is 0 Å². The van der Waals surface area contributed by atoms with Crippen molar-refractivity contribution in [2.24, 2.45) is 0 Å². The summed E-state index contributed by atoms with van der Waals surface area (Å²) in [5, 5.41) is 10.1. The number of benzene rings is 1. The number of hydrogen-bond acceptors (Lipinski definition) is 3. The number of carboxylic acid groups (broad SMARTS) is 1. The first-order chi connectivity index (χ1) is 12.1. The highest BCUT2D eigenvalue weighted by molar-refractivity contribution is 6.30. The number of pyridine rings is 1. The van der Waals surface area contributed by atoms with Gasteiger partial charge < -0.3 is 9.67 Å². The predicted octanol–water partition coefficient (Wildman–Crippen LogP) is 3.60. The van der Waals surface area contributed by atoms with Crippen LogP contribution in [0, 0.1) is 0 Å². The minimum atomic E-state index is -1.01. The van der Waals surface area contributed by atoms with Gasteiger partial charge in [-0.25, -0.2) is 14.8 Å². The van der Waals surface area contributed by atoms with Crippen molar-refractivity contribution in [1.82, 2.24) is 18.9 Å². The van der Waals surface area contributed by atoms with Crippen LogP contribution in [0.4, 0.5) is 0 Å². The third kappa shape index (κ3) is 2.99. The molecule has 0 bridgehead atoms. The number of nitrogens with zero attached hydrogens (tertiary/aromatic N) is 4. The molecule has 0 aliphatic heterocycles. The molecule has 0 fully saturated rings. The Hall–Kier alpha value is -3.12. The molecule has 0 saturated heterocycles. The average Bonchev–Trinajstić information content (AvgIpc) is 3.25. The molecule has 0 saturated carbocycles. The molecule has 0 aliphatic rings. The molecule has 4 rings (SSSR count). The van der Waals surface area contributed by atoms with Crippen molar-refractivity contribution in [3.05, 3.63) is 77.6 Å². The summed E-state index contributed by atoms with van der Waals surface area (Å²) in [6.45, 7) is 0.654. The fourth-order valence-electron chi connectivity index (χ4n) is 2.73. The quantitative estimate of drug-likeness (QED) is 0.609. The Balaban J connectivity index is 1.68. The fourth-order valence-corrected chi connectivity index (χ4v) is 2.86. The molecule has 4 aromatic rings. The van der Waals surface area contributed by atoms with Crippen molar-refractivity contribution in [2.75, 3.05) is 0 Å². The number of halogens is 1. The second-order valence-electron chi connectivity index (χ2n) is 5.65. The molecule has 25 heavy (non-hydrogen) atoms. The molecule has 0 atom stereocenters. The number of fused-ring (bicyclic) bond motifs is 1. The molecule has 0 amide bonds. The Labute approximate surface area is 148 Å². The van der Waals surface area contributed by atoms with E-state index in [0.717, 1.165) is 5.56 Å². The first-order valence-corrected chi connectivity index (χ1v) is 7.95. The van der Waals surface area contributed by atoms with E-state index in [1.807, 2.05) is 41.1 Å². The highest BCUT2D eigenvalue weighted by atomic mass is 35.5. The van der Waals surface area contributed by atoms with Gasteiger partial charge in [-0.15, -0.1) is 0 Å². The van der Waals surface area contributed by atoms with E-state index in [2.05, 4.69) is 9.97 Å². The molecule has 1 aromatic carbocycles. The van der Waals surface area contributed by atoms with E-state index < -0.39 is 5.97 Å². The minimum absolute atomic E-state index is 0.150. The van der Waals surface area contributed by atoms with Gasteiger partial charge in [-0.1, -0.05) is 23.7 Å². The molecule has 3 aromatic heterocycles. The topological polar surface area (TPSA) is 72.4 Å². The SMILES string of the molecule is O=C(O)c1cc(-c2cn(Cc3ccc(Cl)cc3)cn2)cc2nccn12. The second-order valence-corrected chi connectivity index (χ2v) is 6.08. The van der Waals surface area contributed by atoms with Gasteiger partial charge in [-0.2, -0.15) is 0 Å². The standard InChI is InChI=1S/C18H13ClN4O2/c19-14-3-1-12(2-4-14)9-22-10-15(21-11-22)13-7-16(18(24)25)23-6-5-20-17(23)8-13/h1-8,10-11H,9H2,(H,24,25). The van der Waals surface area contributed by atoms with Crippen molar-refractivity contribution in [3.8, 4) is 11.3 Å². The maximum Gasteiger partial charge on any atom is 0.352 e. The van der Waals surface area contributed by atoms with Crippen LogP contribution in [0.2, 0.25) is 5.02 Å².